The van der Waals surface area contributed by atoms with Gasteiger partial charge < -0.3 is 11.1 Å². The number of pyridine rings is 2. The van der Waals surface area contributed by atoms with Crippen LogP contribution in [0.4, 0.5) is 5.82 Å². The minimum absolute atomic E-state index is 0.0961. The van der Waals surface area contributed by atoms with Crippen molar-refractivity contribution in [1.29, 1.82) is 0 Å². The van der Waals surface area contributed by atoms with E-state index in [1.807, 2.05) is 18.3 Å². The number of nitrogens with one attached hydrogen (secondary N) is 1. The number of fused-ring (bicyclic) bond motifs is 1. The van der Waals surface area contributed by atoms with Crippen LogP contribution in [0.1, 0.15) is 41.8 Å². The second kappa shape index (κ2) is 5.77. The largest absolute Gasteiger partial charge is 0.389 e. The lowest BCUT2D eigenvalue weighted by Gasteiger charge is -2.18. The van der Waals surface area contributed by atoms with Gasteiger partial charge in [0, 0.05) is 18.1 Å². The molecule has 2 heterocycles. The van der Waals surface area contributed by atoms with Gasteiger partial charge in [0.15, 0.2) is 0 Å². The molecule has 1 atom stereocenters. The number of aryl methyl sites for hydroxylation is 2. The highest BCUT2D eigenvalue weighted by atomic mass is 32.1. The van der Waals surface area contributed by atoms with Gasteiger partial charge >= 0.3 is 0 Å². The molecule has 4 nitrogen and oxygen atoms in total. The molecule has 0 amide bonds. The van der Waals surface area contributed by atoms with E-state index in [2.05, 4.69) is 23.3 Å². The molecule has 0 saturated heterocycles. The molecular formula is C16H18N4S. The van der Waals surface area contributed by atoms with E-state index < -0.39 is 0 Å². The van der Waals surface area contributed by atoms with Crippen molar-refractivity contribution in [2.45, 2.75) is 32.2 Å². The maximum atomic E-state index is 5.86. The highest BCUT2D eigenvalue weighted by Crippen LogP contribution is 2.27. The summed E-state index contributed by atoms with van der Waals surface area (Å²) in [4.78, 5) is 9.28. The molecular weight excluding hydrogens is 280 g/mol. The summed E-state index contributed by atoms with van der Waals surface area (Å²) in [6.45, 7) is 2.08. The first-order chi connectivity index (χ1) is 10.1. The Balaban J connectivity index is 1.93. The van der Waals surface area contributed by atoms with Gasteiger partial charge in [0.05, 0.1) is 11.6 Å². The highest BCUT2D eigenvalue weighted by molar-refractivity contribution is 7.80. The molecule has 0 saturated carbocycles. The Morgan fingerprint density at radius 1 is 1.43 bits per heavy atom. The molecule has 0 radical (unpaired) electrons. The molecule has 1 aliphatic rings. The summed E-state index contributed by atoms with van der Waals surface area (Å²) in [5.41, 5.74) is 10.2. The maximum Gasteiger partial charge on any atom is 0.137 e. The normalized spacial score (nSPS) is 14.5. The molecule has 21 heavy (non-hydrogen) atoms. The van der Waals surface area contributed by atoms with E-state index in [1.165, 1.54) is 5.56 Å². The summed E-state index contributed by atoms with van der Waals surface area (Å²) in [7, 11) is 0. The minimum Gasteiger partial charge on any atom is -0.389 e. The van der Waals surface area contributed by atoms with Crippen molar-refractivity contribution in [2.24, 2.45) is 5.73 Å². The third-order valence-corrected chi connectivity index (χ3v) is 4.07. The Morgan fingerprint density at radius 3 is 3.00 bits per heavy atom. The van der Waals surface area contributed by atoms with Crippen LogP contribution in [-0.4, -0.2) is 15.0 Å². The van der Waals surface area contributed by atoms with Crippen LogP contribution in [-0.2, 0) is 12.8 Å². The Labute approximate surface area is 129 Å². The Morgan fingerprint density at radius 2 is 2.29 bits per heavy atom. The lowest BCUT2D eigenvalue weighted by atomic mass is 10.1. The first-order valence-corrected chi connectivity index (χ1v) is 7.55. The second-order valence-electron chi connectivity index (χ2n) is 5.36. The van der Waals surface area contributed by atoms with Gasteiger partial charge in [0.25, 0.3) is 0 Å². The zero-order valence-corrected chi connectivity index (χ0v) is 12.8. The number of anilines is 1. The van der Waals surface area contributed by atoms with Gasteiger partial charge in [-0.25, -0.2) is 4.98 Å². The van der Waals surface area contributed by atoms with E-state index in [0.29, 0.717) is 4.99 Å². The average Bonchev–Trinajstić information content (AvgIpc) is 2.94. The quantitative estimate of drug-likeness (QED) is 0.850. The van der Waals surface area contributed by atoms with Crippen LogP contribution in [0.15, 0.2) is 30.6 Å². The Bertz CT molecular complexity index is 669. The van der Waals surface area contributed by atoms with E-state index in [1.54, 1.807) is 6.20 Å². The van der Waals surface area contributed by atoms with Gasteiger partial charge in [-0.2, -0.15) is 0 Å². The summed E-state index contributed by atoms with van der Waals surface area (Å²) in [5, 5.41) is 3.42. The first kappa shape index (κ1) is 13.9. The van der Waals surface area contributed by atoms with E-state index in [9.17, 15) is 0 Å². The standard InChI is InChI=1S/C16H18N4S/c1-10(12-5-3-7-18-9-12)19-16-13(15(17)21)8-11-4-2-6-14(11)20-16/h3,5,7-10H,2,4,6H2,1H3,(H2,17,21)(H,19,20). The lowest BCUT2D eigenvalue weighted by molar-refractivity contribution is 0.858. The Kier molecular flexibility index (Phi) is 3.84. The topological polar surface area (TPSA) is 63.8 Å². The molecule has 0 spiro atoms. The number of hydrogen-bond donors (Lipinski definition) is 2. The molecule has 1 unspecified atom stereocenters. The summed E-state index contributed by atoms with van der Waals surface area (Å²) in [5.74, 6) is 0.777. The van der Waals surface area contributed by atoms with Crippen molar-refractivity contribution >= 4 is 23.0 Å². The molecule has 2 aromatic rings. The van der Waals surface area contributed by atoms with Crippen LogP contribution in [0.3, 0.4) is 0 Å². The van der Waals surface area contributed by atoms with E-state index in [-0.39, 0.29) is 6.04 Å². The average molecular weight is 298 g/mol. The lowest BCUT2D eigenvalue weighted by Crippen LogP contribution is -2.17. The molecule has 2 aromatic heterocycles. The van der Waals surface area contributed by atoms with Crippen LogP contribution in [0, 0.1) is 0 Å². The van der Waals surface area contributed by atoms with E-state index in [4.69, 9.17) is 22.9 Å². The molecule has 0 aliphatic heterocycles. The monoisotopic (exact) mass is 298 g/mol. The van der Waals surface area contributed by atoms with Gasteiger partial charge in [-0.1, -0.05) is 18.3 Å². The van der Waals surface area contributed by atoms with Crippen molar-refractivity contribution in [3.63, 3.8) is 0 Å². The van der Waals surface area contributed by atoms with Gasteiger partial charge in [0.2, 0.25) is 0 Å². The molecule has 0 bridgehead atoms. The molecule has 1 aliphatic carbocycles. The molecule has 5 heteroatoms. The van der Waals surface area contributed by atoms with E-state index >= 15 is 0 Å². The second-order valence-corrected chi connectivity index (χ2v) is 5.80. The fourth-order valence-electron chi connectivity index (χ4n) is 2.69. The SMILES string of the molecule is CC(Nc1nc2c(cc1C(N)=S)CCC2)c1cccnc1. The molecule has 3 N–H and O–H groups in total. The fraction of sp³-hybridized carbons (Fsp3) is 0.312. The zero-order valence-electron chi connectivity index (χ0n) is 12.0. The summed E-state index contributed by atoms with van der Waals surface area (Å²) >= 11 is 5.18. The molecule has 0 aromatic carbocycles. The van der Waals surface area contributed by atoms with Crippen LogP contribution in [0.2, 0.25) is 0 Å². The number of nitrogens with two attached hydrogens (primary N) is 1. The van der Waals surface area contributed by atoms with Crippen LogP contribution >= 0.6 is 12.2 Å². The predicted molar refractivity (Wildman–Crippen MR) is 88.4 cm³/mol. The third kappa shape index (κ3) is 2.88. The summed E-state index contributed by atoms with van der Waals surface area (Å²) in [6, 6.07) is 6.16. The summed E-state index contributed by atoms with van der Waals surface area (Å²) < 4.78 is 0. The number of thiocarbonyl (C=S) groups is 1. The van der Waals surface area contributed by atoms with Gasteiger partial charge in [-0.05, 0) is 49.4 Å². The van der Waals surface area contributed by atoms with Crippen molar-refractivity contribution < 1.29 is 0 Å². The maximum absolute atomic E-state index is 5.86. The summed E-state index contributed by atoms with van der Waals surface area (Å²) in [6.07, 6.45) is 6.87. The molecule has 3 rings (SSSR count). The van der Waals surface area contributed by atoms with Crippen LogP contribution in [0.5, 0.6) is 0 Å². The van der Waals surface area contributed by atoms with Gasteiger partial charge in [-0.15, -0.1) is 0 Å². The fourth-order valence-corrected chi connectivity index (χ4v) is 2.85. The van der Waals surface area contributed by atoms with Crippen molar-refractivity contribution in [1.82, 2.24) is 9.97 Å². The van der Waals surface area contributed by atoms with Crippen molar-refractivity contribution in [3.05, 3.63) is 53.0 Å². The number of hydrogen-bond acceptors (Lipinski definition) is 4. The smallest absolute Gasteiger partial charge is 0.137 e. The molecule has 108 valence electrons. The number of nitrogens with zero attached hydrogens (tertiary/aromatic N) is 2. The van der Waals surface area contributed by atoms with Gasteiger partial charge in [-0.3, -0.25) is 4.98 Å². The minimum atomic E-state index is 0.0961. The van der Waals surface area contributed by atoms with Crippen LogP contribution < -0.4 is 11.1 Å². The van der Waals surface area contributed by atoms with E-state index in [0.717, 1.165) is 41.9 Å². The number of aromatic nitrogens is 2. The highest BCUT2D eigenvalue weighted by Gasteiger charge is 2.19. The first-order valence-electron chi connectivity index (χ1n) is 7.14. The number of rotatable bonds is 4. The third-order valence-electron chi connectivity index (χ3n) is 3.85. The van der Waals surface area contributed by atoms with Gasteiger partial charge in [0.1, 0.15) is 10.8 Å². The van der Waals surface area contributed by atoms with Crippen molar-refractivity contribution in [3.8, 4) is 0 Å². The predicted octanol–water partition coefficient (Wildman–Crippen LogP) is 2.77. The van der Waals surface area contributed by atoms with Crippen LogP contribution in [0.25, 0.3) is 0 Å². The zero-order chi connectivity index (χ0) is 14.8. The molecule has 0 fully saturated rings. The van der Waals surface area contributed by atoms with Crippen molar-refractivity contribution in [2.75, 3.05) is 5.32 Å². The Hall–Kier alpha value is -2.01.